The summed E-state index contributed by atoms with van der Waals surface area (Å²) in [6, 6.07) is 33.7. The number of benzene rings is 7. The molecular formula is C54H43N5OPt-2. The molecule has 7 aromatic carbocycles. The average molecular weight is 983 g/mol. The maximum Gasteiger partial charge on any atom is 0.268 e. The van der Waals surface area contributed by atoms with Gasteiger partial charge in [0, 0.05) is 64.1 Å². The Morgan fingerprint density at radius 3 is 2.08 bits per heavy atom. The minimum Gasteiger partial charge on any atom is -0.510 e. The second kappa shape index (κ2) is 16.0. The predicted molar refractivity (Wildman–Crippen MR) is 244 cm³/mol. The molecule has 10 aromatic rings. The molecule has 302 valence electrons. The summed E-state index contributed by atoms with van der Waals surface area (Å²) in [5.74, 6) is 1.54. The number of imidazole rings is 1. The summed E-state index contributed by atoms with van der Waals surface area (Å²) in [6.45, 7) is 6.50. The van der Waals surface area contributed by atoms with Gasteiger partial charge < -0.3 is 18.8 Å². The van der Waals surface area contributed by atoms with Crippen LogP contribution in [0.1, 0.15) is 40.0 Å². The largest absolute Gasteiger partial charge is 0.510 e. The number of rotatable bonds is 8. The van der Waals surface area contributed by atoms with Crippen molar-refractivity contribution in [3.05, 3.63) is 194 Å². The summed E-state index contributed by atoms with van der Waals surface area (Å²) in [5, 5.41) is 2.02. The molecule has 0 aliphatic heterocycles. The maximum absolute atomic E-state index is 9.07. The fraction of sp³-hybridized carbons (Fsp3) is 0.111. The third-order valence-corrected chi connectivity index (χ3v) is 10.6. The number of anilines is 1. The van der Waals surface area contributed by atoms with Gasteiger partial charge in [0.2, 0.25) is 0 Å². The van der Waals surface area contributed by atoms with Gasteiger partial charge in [-0.15, -0.1) is 29.7 Å². The number of fused-ring (bicyclic) bond motifs is 4. The van der Waals surface area contributed by atoms with Crippen LogP contribution in [0.25, 0.3) is 72.3 Å². The Morgan fingerprint density at radius 1 is 0.689 bits per heavy atom. The van der Waals surface area contributed by atoms with Crippen LogP contribution in [0.15, 0.2) is 170 Å². The molecule has 0 saturated carbocycles. The van der Waals surface area contributed by atoms with E-state index >= 15 is 0 Å². The van der Waals surface area contributed by atoms with Gasteiger partial charge in [0.1, 0.15) is 5.82 Å². The van der Waals surface area contributed by atoms with E-state index < -0.39 is 60.4 Å². The van der Waals surface area contributed by atoms with Crippen LogP contribution < -0.4 is 14.2 Å². The molecule has 0 aliphatic carbocycles. The quantitative estimate of drug-likeness (QED) is 0.112. The van der Waals surface area contributed by atoms with Crippen LogP contribution in [-0.4, -0.2) is 28.2 Å². The standard InChI is InChI=1S/C54H43N5O.Pt/c1-54(2,3)39-30-31-55-52(32-39)59-48-25-13-12-22-46(48)47-28-27-43(35-50(47)59)60-42-21-14-20-41(33-42)57-36-58(51-34-40(56(4)5)26-29-49(51)57)53-44(37-16-8-6-9-17-37)23-15-24-45(53)38-18-10-7-11-19-38;/h6-32,34H,1-5H3;/q-2;/i6D,7D,8D,9D,10D,11D,16D,17D,18D,19D;. The molecule has 0 amide bonds. The van der Waals surface area contributed by atoms with E-state index in [1.54, 1.807) is 33.4 Å². The summed E-state index contributed by atoms with van der Waals surface area (Å²) in [6.07, 6.45) is 5.27. The SMILES string of the molecule is [2H]c1c([2H])c([2H])c(-c2cccc(-c3c([2H])c([2H])c([2H])c([2H])c3[2H])c2-[n+]2[c-]n(-c3[c-]c(Oc4[c-]c5c(cc4)c4ccccc4n5-c4cc(C(C)(C)C)ccn4)ccc3)c3ccc(N(C)C)cc32)c([2H])c1[2H].[Pt]. The zero-order chi connectivity index (χ0) is 49.7. The van der Waals surface area contributed by atoms with Crippen molar-refractivity contribution >= 4 is 38.5 Å². The van der Waals surface area contributed by atoms with E-state index in [0.29, 0.717) is 28.2 Å². The van der Waals surface area contributed by atoms with Crippen LogP contribution in [0.2, 0.25) is 0 Å². The van der Waals surface area contributed by atoms with E-state index in [-0.39, 0.29) is 54.4 Å². The third-order valence-electron chi connectivity index (χ3n) is 10.6. The van der Waals surface area contributed by atoms with Gasteiger partial charge in [0.15, 0.2) is 0 Å². The summed E-state index contributed by atoms with van der Waals surface area (Å²) in [4.78, 5) is 6.71. The predicted octanol–water partition coefficient (Wildman–Crippen LogP) is 12.3. The molecule has 3 heterocycles. The van der Waals surface area contributed by atoms with Crippen molar-refractivity contribution in [3.8, 4) is 50.9 Å². The molecule has 0 radical (unpaired) electrons. The molecule has 10 rings (SSSR count). The molecule has 0 bridgehead atoms. The zero-order valence-electron chi connectivity index (χ0n) is 43.9. The number of pyridine rings is 1. The van der Waals surface area contributed by atoms with E-state index in [9.17, 15) is 0 Å². The number of nitrogens with zero attached hydrogens (tertiary/aromatic N) is 5. The average Bonchev–Trinajstić information content (AvgIpc) is 3.89. The van der Waals surface area contributed by atoms with Crippen LogP contribution in [0.3, 0.4) is 0 Å². The van der Waals surface area contributed by atoms with Gasteiger partial charge in [-0.1, -0.05) is 129 Å². The van der Waals surface area contributed by atoms with E-state index in [2.05, 4.69) is 62.0 Å². The zero-order valence-corrected chi connectivity index (χ0v) is 36.1. The number of hydrogen-bond acceptors (Lipinski definition) is 3. The molecule has 0 aliphatic rings. The monoisotopic (exact) mass is 982 g/mol. The number of para-hydroxylation sites is 2. The van der Waals surface area contributed by atoms with Gasteiger partial charge in [-0.25, -0.2) is 4.98 Å². The Bertz CT molecular complexity index is 3660. The van der Waals surface area contributed by atoms with Crippen molar-refractivity contribution in [1.82, 2.24) is 14.1 Å². The smallest absolute Gasteiger partial charge is 0.268 e. The number of hydrogen-bond donors (Lipinski definition) is 0. The molecule has 61 heavy (non-hydrogen) atoms. The maximum atomic E-state index is 9.07. The fourth-order valence-corrected chi connectivity index (χ4v) is 7.60. The Kier molecular flexibility index (Phi) is 7.74. The van der Waals surface area contributed by atoms with Gasteiger partial charge in [0.25, 0.3) is 6.33 Å². The Hall–Kier alpha value is -6.75. The Balaban J connectivity index is 0.00000624. The molecular weight excluding hydrogens is 930 g/mol. The topological polar surface area (TPSA) is 39.1 Å². The molecule has 0 unspecified atom stereocenters. The summed E-state index contributed by atoms with van der Waals surface area (Å²) in [7, 11) is 3.76. The molecule has 3 aromatic heterocycles. The van der Waals surface area contributed by atoms with E-state index in [0.717, 1.165) is 38.9 Å². The molecule has 7 heteroatoms. The second-order valence-corrected chi connectivity index (χ2v) is 15.6. The minimum atomic E-state index is -0.575. The van der Waals surface area contributed by atoms with Crippen molar-refractivity contribution in [3.63, 3.8) is 0 Å². The minimum absolute atomic E-state index is 0. The van der Waals surface area contributed by atoms with Crippen molar-refractivity contribution in [2.75, 3.05) is 19.0 Å². The molecule has 6 nitrogen and oxygen atoms in total. The van der Waals surface area contributed by atoms with Gasteiger partial charge in [-0.3, -0.25) is 4.57 Å². The van der Waals surface area contributed by atoms with Crippen LogP contribution in [0.4, 0.5) is 5.69 Å². The molecule has 0 atom stereocenters. The number of ether oxygens (including phenoxy) is 1. The molecule has 0 fully saturated rings. The number of aromatic nitrogens is 4. The van der Waals surface area contributed by atoms with Crippen LogP contribution in [0.5, 0.6) is 11.5 Å². The van der Waals surface area contributed by atoms with Crippen LogP contribution >= 0.6 is 0 Å². The summed E-state index contributed by atoms with van der Waals surface area (Å²) < 4.78 is 99.5. The first-order chi connectivity index (χ1) is 33.3. The van der Waals surface area contributed by atoms with Crippen LogP contribution in [0, 0.1) is 18.5 Å². The molecule has 0 spiro atoms. The fourth-order valence-electron chi connectivity index (χ4n) is 7.60. The first kappa shape index (κ1) is 29.5. The van der Waals surface area contributed by atoms with Gasteiger partial charge in [-0.2, -0.15) is 18.2 Å². The van der Waals surface area contributed by atoms with Crippen LogP contribution in [-0.2, 0) is 26.5 Å². The summed E-state index contributed by atoms with van der Waals surface area (Å²) >= 11 is 0. The molecule has 0 saturated heterocycles. The first-order valence-electron chi connectivity index (χ1n) is 24.4. The Labute approximate surface area is 385 Å². The third kappa shape index (κ3) is 7.32. The van der Waals surface area contributed by atoms with E-state index in [4.69, 9.17) is 23.4 Å². The van der Waals surface area contributed by atoms with Crippen molar-refractivity contribution < 1.29 is 44.1 Å². The Morgan fingerprint density at radius 2 is 1.38 bits per heavy atom. The van der Waals surface area contributed by atoms with E-state index in [1.807, 2.05) is 85.9 Å². The summed E-state index contributed by atoms with van der Waals surface area (Å²) in [5.41, 5.74) is 5.33. The second-order valence-electron chi connectivity index (χ2n) is 15.6. The van der Waals surface area contributed by atoms with Gasteiger partial charge in [0.05, 0.1) is 30.4 Å². The first-order valence-corrected chi connectivity index (χ1v) is 19.4. The van der Waals surface area contributed by atoms with Crippen molar-refractivity contribution in [2.45, 2.75) is 26.2 Å². The van der Waals surface area contributed by atoms with Gasteiger partial charge in [-0.05, 0) is 74.6 Å². The van der Waals surface area contributed by atoms with Crippen molar-refractivity contribution in [1.29, 1.82) is 0 Å². The normalized spacial score (nSPS) is 13.9. The van der Waals surface area contributed by atoms with Gasteiger partial charge >= 0.3 is 0 Å². The van der Waals surface area contributed by atoms with E-state index in [1.165, 1.54) is 0 Å². The molecule has 0 N–H and O–H groups in total. The van der Waals surface area contributed by atoms with Crippen molar-refractivity contribution in [2.24, 2.45) is 0 Å².